The van der Waals surface area contributed by atoms with Crippen molar-refractivity contribution in [3.05, 3.63) is 60.4 Å². The van der Waals surface area contributed by atoms with Gasteiger partial charge in [0.2, 0.25) is 5.91 Å². The predicted molar refractivity (Wildman–Crippen MR) is 107 cm³/mol. The number of thioether (sulfide) groups is 1. The monoisotopic (exact) mass is 384 g/mol. The number of benzene rings is 2. The molecule has 0 unspecified atom stereocenters. The minimum absolute atomic E-state index is 0.0586. The van der Waals surface area contributed by atoms with Crippen LogP contribution in [0, 0.1) is 6.92 Å². The summed E-state index contributed by atoms with van der Waals surface area (Å²) < 4.78 is 1.88. The van der Waals surface area contributed by atoms with Crippen LogP contribution in [0.5, 0.6) is 0 Å². The highest BCUT2D eigenvalue weighted by Crippen LogP contribution is 2.33. The second-order valence-electron chi connectivity index (χ2n) is 5.75. The summed E-state index contributed by atoms with van der Waals surface area (Å²) >= 11 is 3.03. The van der Waals surface area contributed by atoms with E-state index in [1.54, 1.807) is 11.8 Å². The van der Waals surface area contributed by atoms with E-state index in [0.29, 0.717) is 0 Å². The molecule has 1 amide bonds. The second kappa shape index (κ2) is 8.42. The lowest BCUT2D eigenvalue weighted by Crippen LogP contribution is -2.23. The summed E-state index contributed by atoms with van der Waals surface area (Å²) in [5.74, 6) is 0.765. The highest BCUT2D eigenvalue weighted by atomic mass is 32.2. The molecule has 0 fully saturated rings. The Kier molecular flexibility index (Phi) is 6.00. The lowest BCUT2D eigenvalue weighted by atomic mass is 10.3. The van der Waals surface area contributed by atoms with E-state index in [1.807, 2.05) is 67.9 Å². The number of nitrogens with zero attached hydrogens (tertiary/aromatic N) is 3. The van der Waals surface area contributed by atoms with Gasteiger partial charge in [-0.1, -0.05) is 53.9 Å². The Morgan fingerprint density at radius 2 is 1.77 bits per heavy atom. The van der Waals surface area contributed by atoms with Gasteiger partial charge in [0, 0.05) is 16.8 Å². The summed E-state index contributed by atoms with van der Waals surface area (Å²) in [6.45, 7) is 3.76. The number of amides is 1. The van der Waals surface area contributed by atoms with Gasteiger partial charge in [-0.15, -0.1) is 10.2 Å². The van der Waals surface area contributed by atoms with E-state index >= 15 is 0 Å². The summed E-state index contributed by atoms with van der Waals surface area (Å²) in [6.07, 6.45) is 0. The molecule has 1 atom stereocenters. The average Bonchev–Trinajstić information content (AvgIpc) is 2.96. The summed E-state index contributed by atoms with van der Waals surface area (Å²) in [4.78, 5) is 14.8. The average molecular weight is 385 g/mol. The van der Waals surface area contributed by atoms with Crippen LogP contribution >= 0.6 is 23.5 Å². The van der Waals surface area contributed by atoms with Crippen LogP contribution in [-0.4, -0.2) is 25.9 Å². The zero-order valence-electron chi connectivity index (χ0n) is 14.8. The number of carbonyl (C=O) groups is 1. The third kappa shape index (κ3) is 4.47. The molecule has 0 aliphatic heterocycles. The van der Waals surface area contributed by atoms with Crippen LogP contribution in [0.1, 0.15) is 12.7 Å². The molecule has 0 radical (unpaired) electrons. The molecule has 1 N–H and O–H groups in total. The molecule has 0 aliphatic rings. The van der Waals surface area contributed by atoms with Crippen molar-refractivity contribution in [2.24, 2.45) is 7.05 Å². The lowest BCUT2D eigenvalue weighted by Gasteiger charge is -2.14. The normalized spacial score (nSPS) is 12.0. The molecule has 0 saturated carbocycles. The van der Waals surface area contributed by atoms with Gasteiger partial charge in [0.05, 0.1) is 10.9 Å². The first-order valence-electron chi connectivity index (χ1n) is 8.20. The number of rotatable bonds is 6. The lowest BCUT2D eigenvalue weighted by molar-refractivity contribution is -0.115. The van der Waals surface area contributed by atoms with Crippen LogP contribution in [0.2, 0.25) is 0 Å². The molecule has 3 rings (SSSR count). The van der Waals surface area contributed by atoms with Gasteiger partial charge in [-0.3, -0.25) is 4.79 Å². The summed E-state index contributed by atoms with van der Waals surface area (Å²) in [5.41, 5.74) is 0.813. The van der Waals surface area contributed by atoms with Gasteiger partial charge in [0.1, 0.15) is 5.82 Å². The quantitative estimate of drug-likeness (QED) is 0.639. The van der Waals surface area contributed by atoms with Crippen LogP contribution in [0.25, 0.3) is 0 Å². The van der Waals surface area contributed by atoms with Crippen molar-refractivity contribution >= 4 is 35.1 Å². The second-order valence-corrected chi connectivity index (χ2v) is 8.17. The number of anilines is 1. The molecule has 7 heteroatoms. The maximum absolute atomic E-state index is 12.6. The van der Waals surface area contributed by atoms with E-state index < -0.39 is 0 Å². The minimum Gasteiger partial charge on any atom is -0.324 e. The molecule has 1 heterocycles. The topological polar surface area (TPSA) is 59.8 Å². The SMILES string of the molecule is Cc1nnc(S[C@H](C)C(=O)Nc2ccccc2Sc2ccccc2)n1C. The Bertz CT molecular complexity index is 896. The maximum atomic E-state index is 12.6. The van der Waals surface area contributed by atoms with Gasteiger partial charge in [-0.05, 0) is 38.1 Å². The smallest absolute Gasteiger partial charge is 0.237 e. The van der Waals surface area contributed by atoms with Crippen molar-refractivity contribution in [1.29, 1.82) is 0 Å². The summed E-state index contributed by atoms with van der Waals surface area (Å²) in [6, 6.07) is 17.9. The van der Waals surface area contributed by atoms with Gasteiger partial charge < -0.3 is 9.88 Å². The zero-order chi connectivity index (χ0) is 18.5. The highest BCUT2D eigenvalue weighted by molar-refractivity contribution is 8.00. The highest BCUT2D eigenvalue weighted by Gasteiger charge is 2.19. The number of hydrogen-bond acceptors (Lipinski definition) is 5. The molecule has 0 aliphatic carbocycles. The van der Waals surface area contributed by atoms with Crippen molar-refractivity contribution in [2.75, 3.05) is 5.32 Å². The third-order valence-electron chi connectivity index (χ3n) is 3.82. The van der Waals surface area contributed by atoms with Crippen molar-refractivity contribution in [3.63, 3.8) is 0 Å². The molecule has 3 aromatic rings. The number of carbonyl (C=O) groups excluding carboxylic acids is 1. The first kappa shape index (κ1) is 18.5. The number of nitrogens with one attached hydrogen (secondary N) is 1. The molecule has 0 saturated heterocycles. The number of hydrogen-bond donors (Lipinski definition) is 1. The Hall–Kier alpha value is -2.25. The largest absolute Gasteiger partial charge is 0.324 e. The molecule has 2 aromatic carbocycles. The zero-order valence-corrected chi connectivity index (χ0v) is 16.5. The van der Waals surface area contributed by atoms with E-state index in [-0.39, 0.29) is 11.2 Å². The van der Waals surface area contributed by atoms with Crippen LogP contribution < -0.4 is 5.32 Å². The van der Waals surface area contributed by atoms with E-state index in [0.717, 1.165) is 26.5 Å². The van der Waals surface area contributed by atoms with Crippen molar-refractivity contribution in [3.8, 4) is 0 Å². The Morgan fingerprint density at radius 3 is 2.46 bits per heavy atom. The van der Waals surface area contributed by atoms with Gasteiger partial charge in [0.15, 0.2) is 5.16 Å². The standard InChI is InChI=1S/C19H20N4OS2/c1-13(25-19-22-21-14(2)23(19)3)18(24)20-16-11-7-8-12-17(16)26-15-9-5-4-6-10-15/h4-13H,1-3H3,(H,20,24)/t13-/m1/s1. The fourth-order valence-corrected chi connectivity index (χ4v) is 3.99. The molecule has 0 bridgehead atoms. The summed E-state index contributed by atoms with van der Waals surface area (Å²) in [5, 5.41) is 11.6. The number of aryl methyl sites for hydroxylation is 1. The van der Waals surface area contributed by atoms with Crippen LogP contribution in [-0.2, 0) is 11.8 Å². The molecule has 26 heavy (non-hydrogen) atoms. The van der Waals surface area contributed by atoms with Crippen LogP contribution in [0.15, 0.2) is 69.5 Å². The van der Waals surface area contributed by atoms with Crippen LogP contribution in [0.4, 0.5) is 5.69 Å². The fraction of sp³-hybridized carbons (Fsp3) is 0.211. The van der Waals surface area contributed by atoms with E-state index in [1.165, 1.54) is 11.8 Å². The van der Waals surface area contributed by atoms with E-state index in [2.05, 4.69) is 27.6 Å². The van der Waals surface area contributed by atoms with E-state index in [4.69, 9.17) is 0 Å². The van der Waals surface area contributed by atoms with Gasteiger partial charge in [0.25, 0.3) is 0 Å². The van der Waals surface area contributed by atoms with Crippen molar-refractivity contribution < 1.29 is 4.79 Å². The van der Waals surface area contributed by atoms with Crippen molar-refractivity contribution in [1.82, 2.24) is 14.8 Å². The molecule has 134 valence electrons. The Balaban J connectivity index is 1.70. The fourth-order valence-electron chi connectivity index (χ4n) is 2.21. The molecular formula is C19H20N4OS2. The minimum atomic E-state index is -0.285. The maximum Gasteiger partial charge on any atom is 0.237 e. The number of para-hydroxylation sites is 1. The summed E-state index contributed by atoms with van der Waals surface area (Å²) in [7, 11) is 1.90. The molecule has 0 spiro atoms. The van der Waals surface area contributed by atoms with Crippen molar-refractivity contribution in [2.45, 2.75) is 34.0 Å². The van der Waals surface area contributed by atoms with Gasteiger partial charge >= 0.3 is 0 Å². The van der Waals surface area contributed by atoms with E-state index in [9.17, 15) is 4.79 Å². The first-order chi connectivity index (χ1) is 12.5. The molecule has 5 nitrogen and oxygen atoms in total. The third-order valence-corrected chi connectivity index (χ3v) is 6.04. The molecule has 1 aromatic heterocycles. The first-order valence-corrected chi connectivity index (χ1v) is 9.89. The number of aromatic nitrogens is 3. The van der Waals surface area contributed by atoms with Crippen LogP contribution in [0.3, 0.4) is 0 Å². The molecular weight excluding hydrogens is 364 g/mol. The Morgan fingerprint density at radius 1 is 1.08 bits per heavy atom. The van der Waals surface area contributed by atoms with Gasteiger partial charge in [-0.25, -0.2) is 0 Å². The van der Waals surface area contributed by atoms with Gasteiger partial charge in [-0.2, -0.15) is 0 Å². The Labute approximate surface area is 161 Å². The predicted octanol–water partition coefficient (Wildman–Crippen LogP) is 4.39.